The molecule has 2 aromatic heterocycles. The third-order valence-electron chi connectivity index (χ3n) is 6.81. The van der Waals surface area contributed by atoms with Gasteiger partial charge in [0.15, 0.2) is 11.6 Å². The van der Waals surface area contributed by atoms with Gasteiger partial charge in [-0.3, -0.25) is 4.79 Å². The molecule has 9 nitrogen and oxygen atoms in total. The average molecular weight is 546 g/mol. The van der Waals surface area contributed by atoms with Crippen LogP contribution in [0.1, 0.15) is 12.0 Å². The highest BCUT2D eigenvalue weighted by Gasteiger charge is 2.30. The summed E-state index contributed by atoms with van der Waals surface area (Å²) in [6.07, 6.45) is 1.63. The largest absolute Gasteiger partial charge is 0.457 e. The number of nitrogens with zero attached hydrogens (tertiary/aromatic N) is 4. The van der Waals surface area contributed by atoms with Crippen LogP contribution in [0.4, 0.5) is 31.8 Å². The molecule has 4 aromatic rings. The van der Waals surface area contributed by atoms with Gasteiger partial charge < -0.3 is 25.6 Å². The molecule has 2 aromatic carbocycles. The van der Waals surface area contributed by atoms with Crippen molar-refractivity contribution in [2.45, 2.75) is 25.6 Å². The first-order valence-electron chi connectivity index (χ1n) is 12.8. The molecule has 1 fully saturated rings. The number of halogens is 2. The van der Waals surface area contributed by atoms with Gasteiger partial charge in [-0.15, -0.1) is 0 Å². The van der Waals surface area contributed by atoms with E-state index in [0.717, 1.165) is 11.8 Å². The summed E-state index contributed by atoms with van der Waals surface area (Å²) < 4.78 is 36.2. The first-order valence-corrected chi connectivity index (χ1v) is 12.8. The summed E-state index contributed by atoms with van der Waals surface area (Å²) >= 11 is 0. The molecule has 3 heterocycles. The fraction of sp³-hybridized carbons (Fsp3) is 0.241. The van der Waals surface area contributed by atoms with Gasteiger partial charge in [0, 0.05) is 24.8 Å². The van der Waals surface area contributed by atoms with E-state index in [4.69, 9.17) is 4.74 Å². The van der Waals surface area contributed by atoms with Crippen molar-refractivity contribution < 1.29 is 18.3 Å². The van der Waals surface area contributed by atoms with Crippen molar-refractivity contribution in [2.24, 2.45) is 0 Å². The highest BCUT2D eigenvalue weighted by atomic mass is 19.1. The van der Waals surface area contributed by atoms with E-state index in [-0.39, 0.29) is 12.2 Å². The van der Waals surface area contributed by atoms with Gasteiger partial charge in [-0.05, 0) is 68.0 Å². The third kappa shape index (κ3) is 5.63. The minimum atomic E-state index is -1.28. The lowest BCUT2D eigenvalue weighted by Crippen LogP contribution is -2.52. The summed E-state index contributed by atoms with van der Waals surface area (Å²) in [5.74, 6) is 0.932. The molecule has 0 bridgehead atoms. The Morgan fingerprint density at radius 2 is 1.95 bits per heavy atom. The van der Waals surface area contributed by atoms with Crippen molar-refractivity contribution in [3.63, 3.8) is 0 Å². The van der Waals surface area contributed by atoms with Crippen molar-refractivity contribution in [2.75, 3.05) is 35.7 Å². The molecule has 1 saturated heterocycles. The molecule has 0 spiro atoms. The van der Waals surface area contributed by atoms with E-state index in [1.807, 2.05) is 19.2 Å². The Bertz CT molecular complexity index is 1550. The summed E-state index contributed by atoms with van der Waals surface area (Å²) in [6.45, 7) is 5.60. The van der Waals surface area contributed by atoms with Crippen molar-refractivity contribution in [1.29, 1.82) is 0 Å². The number of piperidine rings is 1. The maximum absolute atomic E-state index is 15.4. The highest BCUT2D eigenvalue weighted by molar-refractivity contribution is 5.88. The first kappa shape index (κ1) is 26.8. The standard InChI is InChI=1S/C29H29F2N7O2/c1-4-26(39)35-21-13-14-38(15-20(21)30)25-12-10-23-28(37-25)29(34-16-33-23)36-22-9-11-24(17(2)27(22)31)40-19-7-5-18(32-3)6-8-19/h4-12,16,20-21,32H,1,13-15H2,2-3H3,(H,35,39)(H,33,34,36). The van der Waals surface area contributed by atoms with Crippen molar-refractivity contribution in [3.8, 4) is 11.5 Å². The number of rotatable bonds is 8. The number of aromatic nitrogens is 3. The fourth-order valence-electron chi connectivity index (χ4n) is 4.53. The topological polar surface area (TPSA) is 104 Å². The summed E-state index contributed by atoms with van der Waals surface area (Å²) in [5.41, 5.74) is 2.43. The van der Waals surface area contributed by atoms with E-state index in [2.05, 4.69) is 37.5 Å². The number of pyridine rings is 1. The van der Waals surface area contributed by atoms with Gasteiger partial charge in [0.05, 0.1) is 23.8 Å². The Labute approximate surface area is 230 Å². The molecular weight excluding hydrogens is 516 g/mol. The zero-order valence-electron chi connectivity index (χ0n) is 22.1. The van der Waals surface area contributed by atoms with Crippen molar-refractivity contribution >= 4 is 40.0 Å². The van der Waals surface area contributed by atoms with Gasteiger partial charge in [-0.2, -0.15) is 0 Å². The maximum Gasteiger partial charge on any atom is 0.243 e. The molecule has 11 heteroatoms. The van der Waals surface area contributed by atoms with Crippen molar-refractivity contribution in [3.05, 3.63) is 78.9 Å². The van der Waals surface area contributed by atoms with E-state index in [0.29, 0.717) is 52.7 Å². The van der Waals surface area contributed by atoms with Crippen LogP contribution in [-0.4, -0.2) is 53.2 Å². The number of carbonyl (C=O) groups is 1. The molecular formula is C29H29F2N7O2. The van der Waals surface area contributed by atoms with Crippen LogP contribution in [0.25, 0.3) is 11.0 Å². The van der Waals surface area contributed by atoms with Crippen LogP contribution < -0.4 is 25.6 Å². The smallest absolute Gasteiger partial charge is 0.243 e. The summed E-state index contributed by atoms with van der Waals surface area (Å²) in [7, 11) is 1.83. The maximum atomic E-state index is 15.4. The molecule has 5 rings (SSSR count). The lowest BCUT2D eigenvalue weighted by atomic mass is 10.0. The van der Waals surface area contributed by atoms with Crippen LogP contribution in [0.3, 0.4) is 0 Å². The van der Waals surface area contributed by atoms with Gasteiger partial charge in [-0.25, -0.2) is 23.7 Å². The van der Waals surface area contributed by atoms with Gasteiger partial charge in [0.25, 0.3) is 0 Å². The SMILES string of the molecule is C=CC(=O)NC1CCN(c2ccc3ncnc(Nc4ccc(Oc5ccc(NC)cc5)c(C)c4F)c3n2)CC1F. The van der Waals surface area contributed by atoms with Crippen LogP contribution >= 0.6 is 0 Å². The number of anilines is 4. The molecule has 1 aliphatic heterocycles. The number of carbonyl (C=O) groups excluding carboxylic acids is 1. The molecule has 3 N–H and O–H groups in total. The average Bonchev–Trinajstić information content (AvgIpc) is 2.98. The zero-order valence-corrected chi connectivity index (χ0v) is 22.1. The minimum Gasteiger partial charge on any atom is -0.457 e. The van der Waals surface area contributed by atoms with E-state index < -0.39 is 23.9 Å². The van der Waals surface area contributed by atoms with Crippen molar-refractivity contribution in [1.82, 2.24) is 20.3 Å². The van der Waals surface area contributed by atoms with Gasteiger partial charge in [-0.1, -0.05) is 6.58 Å². The monoisotopic (exact) mass is 545 g/mol. The Morgan fingerprint density at radius 1 is 1.15 bits per heavy atom. The molecule has 1 aliphatic rings. The molecule has 0 saturated carbocycles. The highest BCUT2D eigenvalue weighted by Crippen LogP contribution is 2.33. The summed E-state index contributed by atoms with van der Waals surface area (Å²) in [4.78, 5) is 26.7. The van der Waals surface area contributed by atoms with Crippen LogP contribution in [0.5, 0.6) is 11.5 Å². The second-order valence-electron chi connectivity index (χ2n) is 9.38. The van der Waals surface area contributed by atoms with E-state index in [1.165, 1.54) is 6.33 Å². The van der Waals surface area contributed by atoms with Crippen LogP contribution in [0, 0.1) is 12.7 Å². The molecule has 0 aliphatic carbocycles. The number of hydrogen-bond acceptors (Lipinski definition) is 8. The van der Waals surface area contributed by atoms with E-state index in [1.54, 1.807) is 48.2 Å². The number of amides is 1. The zero-order chi connectivity index (χ0) is 28.2. The number of hydrogen-bond donors (Lipinski definition) is 3. The number of ether oxygens (including phenoxy) is 1. The fourth-order valence-corrected chi connectivity index (χ4v) is 4.53. The van der Waals surface area contributed by atoms with Gasteiger partial charge in [0.1, 0.15) is 35.3 Å². The van der Waals surface area contributed by atoms with Crippen LogP contribution in [0.15, 0.2) is 67.5 Å². The van der Waals surface area contributed by atoms with Crippen LogP contribution in [-0.2, 0) is 4.79 Å². The van der Waals surface area contributed by atoms with E-state index in [9.17, 15) is 9.18 Å². The number of nitrogens with one attached hydrogen (secondary N) is 3. The molecule has 2 atom stereocenters. The molecule has 0 radical (unpaired) electrons. The molecule has 206 valence electrons. The Kier molecular flexibility index (Phi) is 7.72. The van der Waals surface area contributed by atoms with Gasteiger partial charge in [0.2, 0.25) is 5.91 Å². The molecule has 2 unspecified atom stereocenters. The predicted molar refractivity (Wildman–Crippen MR) is 152 cm³/mol. The summed E-state index contributed by atoms with van der Waals surface area (Å²) in [5, 5.41) is 8.71. The second-order valence-corrected chi connectivity index (χ2v) is 9.38. The second kappa shape index (κ2) is 11.5. The third-order valence-corrected chi connectivity index (χ3v) is 6.81. The predicted octanol–water partition coefficient (Wildman–Crippen LogP) is 5.27. The number of fused-ring (bicyclic) bond motifs is 1. The minimum absolute atomic E-state index is 0.0595. The number of alkyl halides is 1. The van der Waals surface area contributed by atoms with Crippen LogP contribution in [0.2, 0.25) is 0 Å². The lowest BCUT2D eigenvalue weighted by molar-refractivity contribution is -0.117. The van der Waals surface area contributed by atoms with E-state index >= 15 is 4.39 Å². The quantitative estimate of drug-likeness (QED) is 0.257. The Morgan fingerprint density at radius 3 is 2.67 bits per heavy atom. The lowest BCUT2D eigenvalue weighted by Gasteiger charge is -2.35. The normalized spacial score (nSPS) is 16.9. The first-order chi connectivity index (χ1) is 19.4. The van der Waals surface area contributed by atoms with Gasteiger partial charge >= 0.3 is 0 Å². The molecule has 40 heavy (non-hydrogen) atoms. The Balaban J connectivity index is 1.36. The number of benzene rings is 2. The summed E-state index contributed by atoms with van der Waals surface area (Å²) in [6, 6.07) is 13.5. The molecule has 1 amide bonds. The Hall–Kier alpha value is -4.80.